The Morgan fingerprint density at radius 3 is 2.08 bits per heavy atom. The Hall–Kier alpha value is -1.14. The minimum atomic E-state index is -0.788. The highest BCUT2D eigenvalue weighted by molar-refractivity contribution is 5.81. The number of likely N-dealkylation sites (tertiary alicyclic amines) is 1. The number of aliphatic carboxylic acids is 1. The number of hydrogen-bond donors (Lipinski definition) is 2. The second-order valence-corrected chi connectivity index (χ2v) is 22.9. The number of carboxylic acids is 1. The molecule has 0 unspecified atom stereocenters. The number of rotatable bonds is 8. The summed E-state index contributed by atoms with van der Waals surface area (Å²) in [5, 5.41) is 14.1. The Balaban J connectivity index is 1.00. The molecule has 0 radical (unpaired) electrons. The minimum absolute atomic E-state index is 0.0951. The van der Waals surface area contributed by atoms with Crippen LogP contribution in [0, 0.1) is 79.8 Å². The monoisotopic (exact) mass is 721 g/mol. The van der Waals surface area contributed by atoms with Crippen molar-refractivity contribution in [2.75, 3.05) is 26.2 Å². The molecule has 12 atom stereocenters. The predicted molar refractivity (Wildman–Crippen MR) is 208 cm³/mol. The first kappa shape index (κ1) is 37.8. The SMILES string of the molecule is CC1CCN(CCN[C@]23CC[C@@H](C4(C)CC4)[C@@H]2[C@H]2CC[C@@H]4[C@@]5(C)CC[C@H](OC(=O)[C@H]6C[C@@H](C(=O)O)C6(C)C)C(C)(C)[C@@H]5CC[C@@]4(C)[C@]2(C)CC3)CC1. The number of nitrogens with zero attached hydrogens (tertiary/aromatic N) is 1. The van der Waals surface area contributed by atoms with Crippen LogP contribution in [-0.2, 0) is 14.3 Å². The molecule has 0 aromatic rings. The van der Waals surface area contributed by atoms with E-state index in [1.54, 1.807) is 0 Å². The lowest BCUT2D eigenvalue weighted by molar-refractivity contribution is -0.249. The van der Waals surface area contributed by atoms with Crippen molar-refractivity contribution < 1.29 is 19.4 Å². The van der Waals surface area contributed by atoms with Gasteiger partial charge in [0.05, 0.1) is 11.8 Å². The summed E-state index contributed by atoms with van der Waals surface area (Å²) < 4.78 is 6.48. The van der Waals surface area contributed by atoms with Crippen LogP contribution in [-0.4, -0.2) is 59.8 Å². The number of esters is 1. The molecule has 8 aliphatic rings. The van der Waals surface area contributed by atoms with Crippen LogP contribution in [0.2, 0.25) is 0 Å². The van der Waals surface area contributed by atoms with Crippen molar-refractivity contribution in [2.24, 2.45) is 79.8 Å². The van der Waals surface area contributed by atoms with E-state index >= 15 is 0 Å². The molecule has 6 nitrogen and oxygen atoms in total. The van der Waals surface area contributed by atoms with Crippen LogP contribution in [0.1, 0.15) is 159 Å². The molecule has 0 aromatic carbocycles. The van der Waals surface area contributed by atoms with Crippen LogP contribution in [0.25, 0.3) is 0 Å². The average molecular weight is 721 g/mol. The highest BCUT2D eigenvalue weighted by atomic mass is 16.5. The molecule has 8 rings (SSSR count). The molecule has 52 heavy (non-hydrogen) atoms. The molecule has 6 heteroatoms. The number of carbonyl (C=O) groups excluding carboxylic acids is 1. The molecule has 1 aliphatic heterocycles. The summed E-state index contributed by atoms with van der Waals surface area (Å²) in [7, 11) is 0. The molecule has 1 heterocycles. The fraction of sp³-hybridized carbons (Fsp3) is 0.957. The van der Waals surface area contributed by atoms with Gasteiger partial charge in [-0.25, -0.2) is 0 Å². The largest absolute Gasteiger partial charge is 0.481 e. The average Bonchev–Trinajstić information content (AvgIpc) is 3.69. The van der Waals surface area contributed by atoms with Crippen molar-refractivity contribution in [2.45, 2.75) is 170 Å². The third-order valence-corrected chi connectivity index (χ3v) is 20.2. The standard InChI is InChI=1S/C46H76N2O4/c1-29-15-25-48(26-16-29)27-24-47-46-19-12-30(42(6)20-21-42)37(46)31-10-11-35-43(7)17-14-36(52-39(51)33-28-32(38(49)50)40(33,2)3)41(4,5)34(43)13-18-45(35,9)44(31,8)22-23-46/h29-37,47H,10-28H2,1-9H3,(H,49,50)/t30-,31-,32+,33-,34+,35-,36+,37-,43+,44-,45-,46+/m1/s1. The van der Waals surface area contributed by atoms with E-state index in [2.05, 4.69) is 58.7 Å². The summed E-state index contributed by atoms with van der Waals surface area (Å²) >= 11 is 0. The molecular weight excluding hydrogens is 645 g/mol. The number of piperidine rings is 1. The first-order chi connectivity index (χ1) is 24.3. The van der Waals surface area contributed by atoms with Crippen molar-refractivity contribution in [3.05, 3.63) is 0 Å². The van der Waals surface area contributed by atoms with Crippen LogP contribution >= 0.6 is 0 Å². The third-order valence-electron chi connectivity index (χ3n) is 20.2. The van der Waals surface area contributed by atoms with Gasteiger partial charge in [-0.15, -0.1) is 0 Å². The molecular formula is C46H76N2O4. The lowest BCUT2D eigenvalue weighted by atomic mass is 9.32. The molecule has 7 aliphatic carbocycles. The molecule has 294 valence electrons. The van der Waals surface area contributed by atoms with Gasteiger partial charge in [-0.05, 0) is 172 Å². The van der Waals surface area contributed by atoms with E-state index in [0.29, 0.717) is 40.0 Å². The Labute approximate surface area is 317 Å². The fourth-order valence-electron chi connectivity index (χ4n) is 16.1. The number of ether oxygens (including phenoxy) is 1. The zero-order valence-corrected chi connectivity index (χ0v) is 34.8. The first-order valence-electron chi connectivity index (χ1n) is 22.2. The third kappa shape index (κ3) is 5.41. The normalized spacial score (nSPS) is 49.0. The number of carboxylic acid groups (broad SMARTS) is 1. The molecule has 0 amide bonds. The van der Waals surface area contributed by atoms with Crippen molar-refractivity contribution in [1.82, 2.24) is 10.2 Å². The van der Waals surface area contributed by atoms with E-state index < -0.39 is 17.3 Å². The summed E-state index contributed by atoms with van der Waals surface area (Å²) in [6, 6.07) is 0. The van der Waals surface area contributed by atoms with Gasteiger partial charge in [0, 0.05) is 24.0 Å². The van der Waals surface area contributed by atoms with Gasteiger partial charge in [0.2, 0.25) is 0 Å². The summed E-state index contributed by atoms with van der Waals surface area (Å²) in [6.07, 6.45) is 18.8. The summed E-state index contributed by atoms with van der Waals surface area (Å²) in [6.45, 7) is 26.9. The number of hydrogen-bond acceptors (Lipinski definition) is 5. The smallest absolute Gasteiger partial charge is 0.309 e. The maximum atomic E-state index is 13.6. The molecule has 7 saturated carbocycles. The van der Waals surface area contributed by atoms with E-state index in [9.17, 15) is 14.7 Å². The van der Waals surface area contributed by atoms with E-state index in [1.165, 1.54) is 96.7 Å². The lowest BCUT2D eigenvalue weighted by Gasteiger charge is -2.73. The van der Waals surface area contributed by atoms with Crippen LogP contribution in [0.5, 0.6) is 0 Å². The molecule has 1 saturated heterocycles. The number of nitrogens with one attached hydrogen (secondary N) is 1. The highest BCUT2D eigenvalue weighted by Gasteiger charge is 2.72. The Morgan fingerprint density at radius 2 is 1.42 bits per heavy atom. The Bertz CT molecular complexity index is 1410. The van der Waals surface area contributed by atoms with Crippen LogP contribution in [0.15, 0.2) is 0 Å². The Morgan fingerprint density at radius 1 is 0.712 bits per heavy atom. The summed E-state index contributed by atoms with van der Waals surface area (Å²) in [5.41, 5.74) is 1.19. The molecule has 8 fully saturated rings. The predicted octanol–water partition coefficient (Wildman–Crippen LogP) is 9.60. The maximum Gasteiger partial charge on any atom is 0.309 e. The van der Waals surface area contributed by atoms with Gasteiger partial charge in [0.15, 0.2) is 0 Å². The quantitative estimate of drug-likeness (QED) is 0.243. The van der Waals surface area contributed by atoms with E-state index in [0.717, 1.165) is 43.1 Å². The highest BCUT2D eigenvalue weighted by Crippen LogP contribution is 2.78. The zero-order chi connectivity index (χ0) is 37.3. The second-order valence-electron chi connectivity index (χ2n) is 22.9. The van der Waals surface area contributed by atoms with Gasteiger partial charge in [0.1, 0.15) is 6.10 Å². The molecule has 0 bridgehead atoms. The van der Waals surface area contributed by atoms with Crippen molar-refractivity contribution >= 4 is 11.9 Å². The number of carbonyl (C=O) groups is 2. The zero-order valence-electron chi connectivity index (χ0n) is 34.8. The van der Waals surface area contributed by atoms with Gasteiger partial charge >= 0.3 is 11.9 Å². The second kappa shape index (κ2) is 12.4. The van der Waals surface area contributed by atoms with Crippen molar-refractivity contribution in [1.29, 1.82) is 0 Å². The van der Waals surface area contributed by atoms with Crippen LogP contribution in [0.4, 0.5) is 0 Å². The number of fused-ring (bicyclic) bond motifs is 7. The first-order valence-corrected chi connectivity index (χ1v) is 22.2. The molecule has 2 N–H and O–H groups in total. The van der Waals surface area contributed by atoms with Gasteiger partial charge in [-0.1, -0.05) is 62.3 Å². The Kier molecular flexibility index (Phi) is 9.03. The van der Waals surface area contributed by atoms with Gasteiger partial charge in [-0.2, -0.15) is 0 Å². The van der Waals surface area contributed by atoms with Crippen molar-refractivity contribution in [3.8, 4) is 0 Å². The minimum Gasteiger partial charge on any atom is -0.481 e. The van der Waals surface area contributed by atoms with E-state index in [1.807, 2.05) is 13.8 Å². The maximum absolute atomic E-state index is 13.6. The lowest BCUT2D eigenvalue weighted by Crippen LogP contribution is -2.69. The van der Waals surface area contributed by atoms with Crippen LogP contribution in [0.3, 0.4) is 0 Å². The van der Waals surface area contributed by atoms with Crippen LogP contribution < -0.4 is 5.32 Å². The topological polar surface area (TPSA) is 78.9 Å². The van der Waals surface area contributed by atoms with Gasteiger partial charge < -0.3 is 20.1 Å². The van der Waals surface area contributed by atoms with Gasteiger partial charge in [-0.3, -0.25) is 9.59 Å². The molecule has 0 aromatic heterocycles. The van der Waals surface area contributed by atoms with Crippen molar-refractivity contribution in [3.63, 3.8) is 0 Å². The van der Waals surface area contributed by atoms with E-state index in [-0.39, 0.29) is 28.8 Å². The van der Waals surface area contributed by atoms with Gasteiger partial charge in [0.25, 0.3) is 0 Å². The molecule has 0 spiro atoms. The fourth-order valence-corrected chi connectivity index (χ4v) is 16.1. The van der Waals surface area contributed by atoms with E-state index in [4.69, 9.17) is 4.74 Å². The summed E-state index contributed by atoms with van der Waals surface area (Å²) in [4.78, 5) is 28.2. The summed E-state index contributed by atoms with van der Waals surface area (Å²) in [5.74, 6) is 2.90.